The molecule has 0 aliphatic carbocycles. The maximum absolute atomic E-state index is 11.9. The Morgan fingerprint density at radius 1 is 0.781 bits per heavy atom. The van der Waals surface area contributed by atoms with E-state index in [1.54, 1.807) is 0 Å². The summed E-state index contributed by atoms with van der Waals surface area (Å²) in [6, 6.07) is 0. The standard InChI is InChI=1S/C27H49NO4/c1-2-3-4-5-6-7-8-9-10-11-12-13-14-15-16-17-20-28-27(30)31-22-24-23(21-29)25-18-19-26(24)32-25/h18-19,23-26,29H,2-17,20-22H2,1H3,(H,28,30)/t23-,24+,25+,26-/m1/s1. The monoisotopic (exact) mass is 451 g/mol. The normalized spacial score (nSPS) is 23.7. The number of aliphatic hydroxyl groups excluding tert-OH is 1. The molecule has 0 radical (unpaired) electrons. The van der Waals surface area contributed by atoms with E-state index in [2.05, 4.69) is 12.2 Å². The molecular formula is C27H49NO4. The molecule has 0 unspecified atom stereocenters. The van der Waals surface area contributed by atoms with Crippen molar-refractivity contribution < 1.29 is 19.4 Å². The van der Waals surface area contributed by atoms with Gasteiger partial charge in [-0.3, -0.25) is 0 Å². The highest BCUT2D eigenvalue weighted by molar-refractivity contribution is 5.67. The van der Waals surface area contributed by atoms with Gasteiger partial charge in [0, 0.05) is 25.0 Å². The van der Waals surface area contributed by atoms with Gasteiger partial charge in [-0.05, 0) is 6.42 Å². The zero-order valence-electron chi connectivity index (χ0n) is 20.6. The van der Waals surface area contributed by atoms with E-state index in [-0.39, 0.29) is 36.7 Å². The van der Waals surface area contributed by atoms with E-state index in [1.165, 1.54) is 89.9 Å². The minimum atomic E-state index is -0.352. The largest absolute Gasteiger partial charge is 0.449 e. The molecule has 5 nitrogen and oxygen atoms in total. The minimum absolute atomic E-state index is 0.0215. The summed E-state index contributed by atoms with van der Waals surface area (Å²) in [7, 11) is 0. The molecule has 186 valence electrons. The summed E-state index contributed by atoms with van der Waals surface area (Å²) >= 11 is 0. The van der Waals surface area contributed by atoms with Crippen LogP contribution < -0.4 is 5.32 Å². The Labute approximate surface area is 196 Å². The van der Waals surface area contributed by atoms with Crippen LogP contribution in [0.15, 0.2) is 12.2 Å². The molecule has 2 bridgehead atoms. The number of alkyl carbamates (subject to hydrolysis) is 1. The van der Waals surface area contributed by atoms with Crippen molar-refractivity contribution in [1.82, 2.24) is 5.32 Å². The molecule has 2 aliphatic rings. The van der Waals surface area contributed by atoms with Crippen molar-refractivity contribution in [2.45, 2.75) is 122 Å². The first kappa shape index (κ1) is 27.2. The van der Waals surface area contributed by atoms with Crippen LogP contribution >= 0.6 is 0 Å². The van der Waals surface area contributed by atoms with Gasteiger partial charge in [0.05, 0.1) is 18.8 Å². The van der Waals surface area contributed by atoms with Gasteiger partial charge in [0.15, 0.2) is 0 Å². The van der Waals surface area contributed by atoms with Gasteiger partial charge >= 0.3 is 6.09 Å². The van der Waals surface area contributed by atoms with Crippen LogP contribution in [0.3, 0.4) is 0 Å². The van der Waals surface area contributed by atoms with Crippen molar-refractivity contribution in [1.29, 1.82) is 0 Å². The third-order valence-electron chi connectivity index (χ3n) is 7.12. The summed E-state index contributed by atoms with van der Waals surface area (Å²) in [4.78, 5) is 11.9. The number of nitrogens with one attached hydrogen (secondary N) is 1. The fourth-order valence-electron chi connectivity index (χ4n) is 5.01. The second-order valence-electron chi connectivity index (χ2n) is 9.79. The van der Waals surface area contributed by atoms with Crippen LogP contribution in [0.5, 0.6) is 0 Å². The third kappa shape index (κ3) is 10.7. The Bertz CT molecular complexity index is 510. The van der Waals surface area contributed by atoms with Gasteiger partial charge in [-0.2, -0.15) is 0 Å². The first-order valence-electron chi connectivity index (χ1n) is 13.6. The lowest BCUT2D eigenvalue weighted by Gasteiger charge is -2.22. The molecular weight excluding hydrogens is 402 g/mol. The first-order chi connectivity index (χ1) is 15.8. The van der Waals surface area contributed by atoms with Crippen molar-refractivity contribution in [3.8, 4) is 0 Å². The smallest absolute Gasteiger partial charge is 0.407 e. The maximum Gasteiger partial charge on any atom is 0.407 e. The molecule has 0 saturated carbocycles. The lowest BCUT2D eigenvalue weighted by molar-refractivity contribution is 0.0831. The summed E-state index contributed by atoms with van der Waals surface area (Å²) in [6.45, 7) is 3.33. The van der Waals surface area contributed by atoms with Gasteiger partial charge in [-0.25, -0.2) is 4.79 Å². The van der Waals surface area contributed by atoms with Gasteiger partial charge < -0.3 is 19.9 Å². The van der Waals surface area contributed by atoms with Crippen LogP contribution in [0.25, 0.3) is 0 Å². The molecule has 0 aromatic carbocycles. The second-order valence-corrected chi connectivity index (χ2v) is 9.79. The number of fused-ring (bicyclic) bond motifs is 2. The van der Waals surface area contributed by atoms with Crippen molar-refractivity contribution >= 4 is 6.09 Å². The Balaban J connectivity index is 1.29. The summed E-state index contributed by atoms with van der Waals surface area (Å²) in [5, 5.41) is 12.4. The number of unbranched alkanes of at least 4 members (excludes halogenated alkanes) is 15. The molecule has 0 spiro atoms. The predicted octanol–water partition coefficient (Wildman–Crippen LogP) is 6.54. The highest BCUT2D eigenvalue weighted by Crippen LogP contribution is 2.38. The lowest BCUT2D eigenvalue weighted by Crippen LogP contribution is -2.34. The molecule has 2 aliphatic heterocycles. The molecule has 5 heteroatoms. The number of carbonyl (C=O) groups excluding carboxylic acids is 1. The molecule has 2 rings (SSSR count). The van der Waals surface area contributed by atoms with Gasteiger partial charge in [0.25, 0.3) is 0 Å². The van der Waals surface area contributed by atoms with E-state index in [0.29, 0.717) is 13.2 Å². The van der Waals surface area contributed by atoms with Crippen LogP contribution in [0.4, 0.5) is 4.79 Å². The fourth-order valence-corrected chi connectivity index (χ4v) is 5.01. The molecule has 1 saturated heterocycles. The maximum atomic E-state index is 11.9. The quantitative estimate of drug-likeness (QED) is 0.163. The average molecular weight is 452 g/mol. The molecule has 2 N–H and O–H groups in total. The number of rotatable bonds is 20. The van der Waals surface area contributed by atoms with Crippen LogP contribution in [0.2, 0.25) is 0 Å². The highest BCUT2D eigenvalue weighted by Gasteiger charge is 2.45. The van der Waals surface area contributed by atoms with E-state index in [0.717, 1.165) is 12.8 Å². The minimum Gasteiger partial charge on any atom is -0.449 e. The fraction of sp³-hybridized carbons (Fsp3) is 0.889. The molecule has 1 fully saturated rings. The second kappa shape index (κ2) is 17.4. The van der Waals surface area contributed by atoms with Crippen molar-refractivity contribution in [2.24, 2.45) is 11.8 Å². The summed E-state index contributed by atoms with van der Waals surface area (Å²) < 4.78 is 11.1. The van der Waals surface area contributed by atoms with Crippen LogP contribution in [-0.4, -0.2) is 43.2 Å². The molecule has 0 aromatic rings. The molecule has 1 amide bonds. The number of amides is 1. The van der Waals surface area contributed by atoms with E-state index < -0.39 is 0 Å². The number of carbonyl (C=O) groups is 1. The summed E-state index contributed by atoms with van der Waals surface area (Å²) in [5.74, 6) is 0.106. The zero-order valence-corrected chi connectivity index (χ0v) is 20.6. The summed E-state index contributed by atoms with van der Waals surface area (Å²) in [5.41, 5.74) is 0. The Kier molecular flexibility index (Phi) is 14.8. The van der Waals surface area contributed by atoms with Crippen LogP contribution in [-0.2, 0) is 9.47 Å². The number of aliphatic hydroxyl groups is 1. The van der Waals surface area contributed by atoms with Crippen LogP contribution in [0.1, 0.15) is 110 Å². The van der Waals surface area contributed by atoms with E-state index in [4.69, 9.17) is 9.47 Å². The summed E-state index contributed by atoms with van der Waals surface area (Å²) in [6.07, 6.45) is 25.2. The molecule has 32 heavy (non-hydrogen) atoms. The van der Waals surface area contributed by atoms with Gasteiger partial charge in [0.1, 0.15) is 0 Å². The zero-order chi connectivity index (χ0) is 22.9. The van der Waals surface area contributed by atoms with Crippen molar-refractivity contribution in [3.05, 3.63) is 12.2 Å². The first-order valence-corrected chi connectivity index (χ1v) is 13.6. The van der Waals surface area contributed by atoms with E-state index >= 15 is 0 Å². The van der Waals surface area contributed by atoms with Gasteiger partial charge in [-0.1, -0.05) is 115 Å². The predicted molar refractivity (Wildman–Crippen MR) is 131 cm³/mol. The molecule has 0 aromatic heterocycles. The Morgan fingerprint density at radius 3 is 1.75 bits per heavy atom. The number of ether oxygens (including phenoxy) is 2. The Morgan fingerprint density at radius 2 is 1.25 bits per heavy atom. The average Bonchev–Trinajstić information content (AvgIpc) is 3.41. The SMILES string of the molecule is CCCCCCCCCCCCCCCCCCNC(=O)OC[C@H]1[C@@H](CO)[C@@H]2C=C[C@H]1O2. The molecule has 2 heterocycles. The highest BCUT2D eigenvalue weighted by atomic mass is 16.6. The number of hydrogen-bond acceptors (Lipinski definition) is 4. The topological polar surface area (TPSA) is 67.8 Å². The van der Waals surface area contributed by atoms with Crippen molar-refractivity contribution in [3.63, 3.8) is 0 Å². The van der Waals surface area contributed by atoms with E-state index in [9.17, 15) is 9.90 Å². The third-order valence-corrected chi connectivity index (χ3v) is 7.12. The lowest BCUT2D eigenvalue weighted by atomic mass is 9.84. The van der Waals surface area contributed by atoms with E-state index in [1.807, 2.05) is 12.2 Å². The van der Waals surface area contributed by atoms with Gasteiger partial charge in [0.2, 0.25) is 0 Å². The van der Waals surface area contributed by atoms with Crippen LogP contribution in [0, 0.1) is 11.8 Å². The Hall–Kier alpha value is -1.07. The van der Waals surface area contributed by atoms with Crippen molar-refractivity contribution in [2.75, 3.05) is 19.8 Å². The number of hydrogen-bond donors (Lipinski definition) is 2. The van der Waals surface area contributed by atoms with Gasteiger partial charge in [-0.15, -0.1) is 0 Å². The molecule has 4 atom stereocenters.